The van der Waals surface area contributed by atoms with Crippen molar-refractivity contribution in [2.75, 3.05) is 0 Å². The number of rotatable bonds is 3. The first-order valence-corrected chi connectivity index (χ1v) is 8.30. The average Bonchev–Trinajstić information content (AvgIpc) is 3.09. The van der Waals surface area contributed by atoms with Crippen LogP contribution in [-0.4, -0.2) is 11.6 Å². The zero-order chi connectivity index (χ0) is 14.1. The standard InChI is InChI=1S/C15H16N2OS2/c1-9-6-7-12(19-9)10(2)16-17-15(18)14-8-11-4-3-5-13(11)20-14/h6-8H,3-5H2,1-2H3,(H,17,18)/b16-10-. The van der Waals surface area contributed by atoms with Crippen molar-refractivity contribution in [1.29, 1.82) is 0 Å². The van der Waals surface area contributed by atoms with E-state index < -0.39 is 0 Å². The number of aryl methyl sites for hydroxylation is 3. The maximum absolute atomic E-state index is 12.1. The fraction of sp³-hybridized carbons (Fsp3) is 0.333. The summed E-state index contributed by atoms with van der Waals surface area (Å²) in [6.45, 7) is 3.98. The van der Waals surface area contributed by atoms with E-state index in [1.165, 1.54) is 21.7 Å². The van der Waals surface area contributed by atoms with Gasteiger partial charge < -0.3 is 0 Å². The van der Waals surface area contributed by atoms with Gasteiger partial charge in [0.15, 0.2) is 0 Å². The van der Waals surface area contributed by atoms with Crippen LogP contribution in [0.5, 0.6) is 0 Å². The topological polar surface area (TPSA) is 41.5 Å². The monoisotopic (exact) mass is 304 g/mol. The smallest absolute Gasteiger partial charge is 0.266 e. The Morgan fingerprint density at radius 1 is 1.25 bits per heavy atom. The molecule has 1 aliphatic carbocycles. The maximum atomic E-state index is 12.1. The van der Waals surface area contributed by atoms with Crippen LogP contribution in [0.1, 0.15) is 43.2 Å². The van der Waals surface area contributed by atoms with E-state index in [1.807, 2.05) is 19.1 Å². The molecule has 1 N–H and O–H groups in total. The van der Waals surface area contributed by atoms with Gasteiger partial charge in [-0.15, -0.1) is 22.7 Å². The van der Waals surface area contributed by atoms with Gasteiger partial charge in [-0.1, -0.05) is 0 Å². The molecule has 0 unspecified atom stereocenters. The number of amides is 1. The summed E-state index contributed by atoms with van der Waals surface area (Å²) in [5.41, 5.74) is 4.85. The summed E-state index contributed by atoms with van der Waals surface area (Å²) in [5.74, 6) is -0.1000. The van der Waals surface area contributed by atoms with Gasteiger partial charge in [-0.05, 0) is 56.9 Å². The zero-order valence-electron chi connectivity index (χ0n) is 11.5. The molecule has 0 aliphatic heterocycles. The molecule has 1 aliphatic rings. The predicted octanol–water partition coefficient (Wildman–Crippen LogP) is 3.76. The molecule has 0 radical (unpaired) electrons. The number of nitrogens with one attached hydrogen (secondary N) is 1. The third kappa shape index (κ3) is 2.69. The van der Waals surface area contributed by atoms with Crippen molar-refractivity contribution in [2.45, 2.75) is 33.1 Å². The maximum Gasteiger partial charge on any atom is 0.281 e. The van der Waals surface area contributed by atoms with Crippen LogP contribution in [0.15, 0.2) is 23.3 Å². The lowest BCUT2D eigenvalue weighted by atomic mass is 10.2. The molecular weight excluding hydrogens is 288 g/mol. The lowest BCUT2D eigenvalue weighted by Gasteiger charge is -1.99. The Morgan fingerprint density at radius 2 is 2.10 bits per heavy atom. The highest BCUT2D eigenvalue weighted by Crippen LogP contribution is 2.30. The summed E-state index contributed by atoms with van der Waals surface area (Å²) >= 11 is 3.29. The van der Waals surface area contributed by atoms with Crippen molar-refractivity contribution >= 4 is 34.3 Å². The molecule has 0 saturated heterocycles. The van der Waals surface area contributed by atoms with Crippen molar-refractivity contribution in [2.24, 2.45) is 5.10 Å². The first-order valence-electron chi connectivity index (χ1n) is 6.66. The third-order valence-corrected chi connectivity index (χ3v) is 5.74. The molecule has 1 amide bonds. The van der Waals surface area contributed by atoms with E-state index in [9.17, 15) is 4.79 Å². The Hall–Kier alpha value is -1.46. The first kappa shape index (κ1) is 13.5. The fourth-order valence-electron chi connectivity index (χ4n) is 2.31. The third-order valence-electron chi connectivity index (χ3n) is 3.39. The highest BCUT2D eigenvalue weighted by molar-refractivity contribution is 7.14. The summed E-state index contributed by atoms with van der Waals surface area (Å²) in [5, 5.41) is 4.20. The van der Waals surface area contributed by atoms with Crippen LogP contribution in [-0.2, 0) is 12.8 Å². The summed E-state index contributed by atoms with van der Waals surface area (Å²) in [7, 11) is 0. The molecule has 3 rings (SSSR count). The van der Waals surface area contributed by atoms with Gasteiger partial charge in [0.05, 0.1) is 15.5 Å². The van der Waals surface area contributed by atoms with E-state index in [-0.39, 0.29) is 5.91 Å². The summed E-state index contributed by atoms with van der Waals surface area (Å²) in [6, 6.07) is 6.11. The molecule has 5 heteroatoms. The van der Waals surface area contributed by atoms with Crippen molar-refractivity contribution in [3.63, 3.8) is 0 Å². The molecule has 2 heterocycles. The van der Waals surface area contributed by atoms with Crippen molar-refractivity contribution in [3.05, 3.63) is 43.3 Å². The molecule has 0 saturated carbocycles. The van der Waals surface area contributed by atoms with E-state index in [0.717, 1.165) is 28.3 Å². The van der Waals surface area contributed by atoms with Gasteiger partial charge in [0.2, 0.25) is 0 Å². The highest BCUT2D eigenvalue weighted by Gasteiger charge is 2.18. The van der Waals surface area contributed by atoms with Gasteiger partial charge in [-0.3, -0.25) is 4.79 Å². The van der Waals surface area contributed by atoms with Crippen LogP contribution in [0.2, 0.25) is 0 Å². The second kappa shape index (κ2) is 5.50. The van der Waals surface area contributed by atoms with Crippen LogP contribution in [0.25, 0.3) is 0 Å². The number of thiophene rings is 2. The Balaban J connectivity index is 1.69. The van der Waals surface area contributed by atoms with Crippen molar-refractivity contribution < 1.29 is 4.79 Å². The quantitative estimate of drug-likeness (QED) is 0.681. The van der Waals surface area contributed by atoms with Crippen LogP contribution in [0, 0.1) is 6.92 Å². The predicted molar refractivity (Wildman–Crippen MR) is 85.1 cm³/mol. The number of hydrazone groups is 1. The normalized spacial score (nSPS) is 14.4. The van der Waals surface area contributed by atoms with Gasteiger partial charge >= 0.3 is 0 Å². The molecule has 2 aromatic rings. The van der Waals surface area contributed by atoms with E-state index in [0.29, 0.717) is 0 Å². The van der Waals surface area contributed by atoms with E-state index >= 15 is 0 Å². The summed E-state index contributed by atoms with van der Waals surface area (Å²) < 4.78 is 0. The van der Waals surface area contributed by atoms with Gasteiger partial charge in [-0.25, -0.2) is 5.43 Å². The molecule has 20 heavy (non-hydrogen) atoms. The Bertz CT molecular complexity index is 660. The Morgan fingerprint density at radius 3 is 2.80 bits per heavy atom. The second-order valence-corrected chi connectivity index (χ2v) is 7.39. The van der Waals surface area contributed by atoms with Gasteiger partial charge in [0.25, 0.3) is 5.91 Å². The molecule has 0 aromatic carbocycles. The van der Waals surface area contributed by atoms with Crippen LogP contribution in [0.4, 0.5) is 0 Å². The average molecular weight is 304 g/mol. The van der Waals surface area contributed by atoms with Crippen LogP contribution < -0.4 is 5.43 Å². The molecule has 0 fully saturated rings. The lowest BCUT2D eigenvalue weighted by Crippen LogP contribution is -2.18. The number of hydrogen-bond donors (Lipinski definition) is 1. The largest absolute Gasteiger partial charge is 0.281 e. The number of carbonyl (C=O) groups is 1. The molecule has 2 aromatic heterocycles. The molecule has 3 nitrogen and oxygen atoms in total. The minimum absolute atomic E-state index is 0.1000. The van der Waals surface area contributed by atoms with Crippen molar-refractivity contribution in [3.8, 4) is 0 Å². The molecular formula is C15H16N2OS2. The molecule has 0 atom stereocenters. The number of fused-ring (bicyclic) bond motifs is 1. The summed E-state index contributed by atoms with van der Waals surface area (Å²) in [4.78, 5) is 16.6. The van der Waals surface area contributed by atoms with Crippen molar-refractivity contribution in [1.82, 2.24) is 5.43 Å². The number of nitrogens with zero attached hydrogens (tertiary/aromatic N) is 1. The Kier molecular flexibility index (Phi) is 3.72. The SMILES string of the molecule is C/C(=N/NC(=O)c1cc2c(s1)CCC2)c1ccc(C)s1. The lowest BCUT2D eigenvalue weighted by molar-refractivity contribution is 0.0959. The number of hydrogen-bond acceptors (Lipinski definition) is 4. The van der Waals surface area contributed by atoms with E-state index in [1.54, 1.807) is 22.7 Å². The molecule has 0 bridgehead atoms. The zero-order valence-corrected chi connectivity index (χ0v) is 13.2. The minimum Gasteiger partial charge on any atom is -0.266 e. The van der Waals surface area contributed by atoms with Crippen LogP contribution >= 0.6 is 22.7 Å². The van der Waals surface area contributed by atoms with Crippen LogP contribution in [0.3, 0.4) is 0 Å². The molecule has 0 spiro atoms. The summed E-state index contributed by atoms with van der Waals surface area (Å²) in [6.07, 6.45) is 3.44. The van der Waals surface area contributed by atoms with Gasteiger partial charge in [0.1, 0.15) is 0 Å². The second-order valence-electron chi connectivity index (χ2n) is 4.96. The first-order chi connectivity index (χ1) is 9.63. The van der Waals surface area contributed by atoms with E-state index in [2.05, 4.69) is 23.5 Å². The Labute approximate surface area is 126 Å². The van der Waals surface area contributed by atoms with E-state index in [4.69, 9.17) is 0 Å². The highest BCUT2D eigenvalue weighted by atomic mass is 32.1. The fourth-order valence-corrected chi connectivity index (χ4v) is 4.27. The minimum atomic E-state index is -0.1000. The number of carbonyl (C=O) groups excluding carboxylic acids is 1. The van der Waals surface area contributed by atoms with Gasteiger partial charge in [0, 0.05) is 9.75 Å². The molecule has 104 valence electrons. The van der Waals surface area contributed by atoms with Gasteiger partial charge in [-0.2, -0.15) is 5.10 Å².